The molecule has 1 aliphatic rings. The second-order valence-corrected chi connectivity index (χ2v) is 4.91. The van der Waals surface area contributed by atoms with Crippen LogP contribution in [0.2, 0.25) is 0 Å². The summed E-state index contributed by atoms with van der Waals surface area (Å²) in [6.07, 6.45) is 0.785. The van der Waals surface area contributed by atoms with Crippen LogP contribution in [0.3, 0.4) is 0 Å². The predicted octanol–water partition coefficient (Wildman–Crippen LogP) is 2.02. The van der Waals surface area contributed by atoms with Crippen LogP contribution in [0.25, 0.3) is 0 Å². The van der Waals surface area contributed by atoms with Gasteiger partial charge in [-0.05, 0) is 24.5 Å². The van der Waals surface area contributed by atoms with Gasteiger partial charge in [0.25, 0.3) is 0 Å². The maximum atomic E-state index is 10.2. The second kappa shape index (κ2) is 5.91. The quantitative estimate of drug-likeness (QED) is 0.630. The van der Waals surface area contributed by atoms with Gasteiger partial charge in [-0.3, -0.25) is 0 Å². The number of aliphatic hydroxyl groups is 1. The smallest absolute Gasteiger partial charge is 0.161 e. The topological polar surface area (TPSA) is 72.7 Å². The summed E-state index contributed by atoms with van der Waals surface area (Å²) >= 11 is 0. The van der Waals surface area contributed by atoms with E-state index in [-0.39, 0.29) is 34.5 Å². The number of phenolic OH excluding ortho intramolecular Hbond substituents is 2. The van der Waals surface area contributed by atoms with Crippen molar-refractivity contribution < 1.29 is 15.3 Å². The Bertz CT molecular complexity index is 423. The van der Waals surface area contributed by atoms with Gasteiger partial charge in [0.1, 0.15) is 0 Å². The van der Waals surface area contributed by atoms with Gasteiger partial charge in [-0.1, -0.05) is 19.9 Å². The molecular formula is C13H20BrNO3. The Balaban J connectivity index is 0.00000162. The minimum Gasteiger partial charge on any atom is -0.504 e. The number of halogens is 1. The summed E-state index contributed by atoms with van der Waals surface area (Å²) in [6, 6.07) is 3.42. The van der Waals surface area contributed by atoms with Crippen LogP contribution < -0.4 is 5.32 Å². The number of aromatic hydroxyl groups is 2. The molecule has 0 spiro atoms. The molecular weight excluding hydrogens is 298 g/mol. The molecule has 102 valence electrons. The van der Waals surface area contributed by atoms with Gasteiger partial charge < -0.3 is 20.6 Å². The number of rotatable bonds is 2. The van der Waals surface area contributed by atoms with E-state index in [0.717, 1.165) is 6.42 Å². The third kappa shape index (κ3) is 2.79. The molecule has 2 rings (SSSR count). The minimum absolute atomic E-state index is 0. The number of hydrogen-bond acceptors (Lipinski definition) is 4. The molecule has 0 aliphatic heterocycles. The first kappa shape index (κ1) is 15.3. The Morgan fingerprint density at radius 2 is 1.94 bits per heavy atom. The van der Waals surface area contributed by atoms with E-state index in [2.05, 4.69) is 5.32 Å². The summed E-state index contributed by atoms with van der Waals surface area (Å²) in [4.78, 5) is 0. The average Bonchev–Trinajstić information content (AvgIpc) is 2.27. The molecule has 0 saturated heterocycles. The Morgan fingerprint density at radius 1 is 1.28 bits per heavy atom. The Labute approximate surface area is 117 Å². The van der Waals surface area contributed by atoms with Crippen molar-refractivity contribution >= 4 is 17.0 Å². The van der Waals surface area contributed by atoms with Crippen LogP contribution in [0.1, 0.15) is 37.5 Å². The minimum atomic E-state index is -0.632. The Hall–Kier alpha value is -0.780. The van der Waals surface area contributed by atoms with Gasteiger partial charge in [-0.15, -0.1) is 17.0 Å². The predicted molar refractivity (Wildman–Crippen MR) is 75.4 cm³/mol. The molecule has 4 nitrogen and oxygen atoms in total. The Kier molecular flexibility index (Phi) is 5.01. The standard InChI is InChI=1S/C13H19NO3.BrH/c1-7(2)14-10-5-3-9-8(12(10)16)4-6-11(15)13(9)17;/h4,6-7,10,12,14-17H,3,5H2,1-2H3;1H. The molecule has 1 aromatic rings. The molecule has 0 amide bonds. The summed E-state index contributed by atoms with van der Waals surface area (Å²) in [5.41, 5.74) is 1.38. The van der Waals surface area contributed by atoms with Crippen molar-refractivity contribution in [3.63, 3.8) is 0 Å². The molecule has 0 saturated carbocycles. The SMILES string of the molecule is Br.CC(C)NC1CCc2c(ccc(O)c2O)C1O. The first-order chi connectivity index (χ1) is 8.00. The highest BCUT2D eigenvalue weighted by Gasteiger charge is 2.30. The lowest BCUT2D eigenvalue weighted by molar-refractivity contribution is 0.109. The van der Waals surface area contributed by atoms with Gasteiger partial charge in [0, 0.05) is 17.6 Å². The molecule has 1 aromatic carbocycles. The molecule has 1 aliphatic carbocycles. The molecule has 2 atom stereocenters. The lowest BCUT2D eigenvalue weighted by atomic mass is 9.85. The summed E-state index contributed by atoms with van der Waals surface area (Å²) in [5.74, 6) is -0.212. The first-order valence-electron chi connectivity index (χ1n) is 5.98. The highest BCUT2D eigenvalue weighted by Crippen LogP contribution is 2.39. The second-order valence-electron chi connectivity index (χ2n) is 4.91. The molecule has 18 heavy (non-hydrogen) atoms. The number of fused-ring (bicyclic) bond motifs is 1. The van der Waals surface area contributed by atoms with Crippen molar-refractivity contribution in [2.45, 2.75) is 44.9 Å². The third-order valence-electron chi connectivity index (χ3n) is 3.25. The van der Waals surface area contributed by atoms with Crippen LogP contribution in [-0.4, -0.2) is 27.4 Å². The average molecular weight is 318 g/mol. The number of aliphatic hydroxyl groups excluding tert-OH is 1. The summed E-state index contributed by atoms with van der Waals surface area (Å²) < 4.78 is 0. The van der Waals surface area contributed by atoms with Gasteiger partial charge in [0.15, 0.2) is 11.5 Å². The van der Waals surface area contributed by atoms with Gasteiger partial charge >= 0.3 is 0 Å². The monoisotopic (exact) mass is 317 g/mol. The van der Waals surface area contributed by atoms with Crippen LogP contribution in [0.5, 0.6) is 11.5 Å². The third-order valence-corrected chi connectivity index (χ3v) is 3.25. The summed E-state index contributed by atoms with van der Waals surface area (Å²) in [5, 5.41) is 32.7. The van der Waals surface area contributed by atoms with E-state index in [9.17, 15) is 15.3 Å². The fraction of sp³-hybridized carbons (Fsp3) is 0.538. The Morgan fingerprint density at radius 3 is 2.56 bits per heavy atom. The van der Waals surface area contributed by atoms with Gasteiger partial charge in [-0.25, -0.2) is 0 Å². The van der Waals surface area contributed by atoms with E-state index in [4.69, 9.17) is 0 Å². The summed E-state index contributed by atoms with van der Waals surface area (Å²) in [7, 11) is 0. The van der Waals surface area contributed by atoms with Crippen molar-refractivity contribution in [2.75, 3.05) is 0 Å². The van der Waals surface area contributed by atoms with Crippen LogP contribution in [0, 0.1) is 0 Å². The van der Waals surface area contributed by atoms with Gasteiger partial charge in [-0.2, -0.15) is 0 Å². The molecule has 0 heterocycles. The lowest BCUT2D eigenvalue weighted by Crippen LogP contribution is -2.41. The highest BCUT2D eigenvalue weighted by molar-refractivity contribution is 8.93. The van der Waals surface area contributed by atoms with E-state index in [1.165, 1.54) is 6.07 Å². The largest absolute Gasteiger partial charge is 0.504 e. The van der Waals surface area contributed by atoms with E-state index >= 15 is 0 Å². The van der Waals surface area contributed by atoms with E-state index in [1.807, 2.05) is 13.8 Å². The highest BCUT2D eigenvalue weighted by atomic mass is 79.9. The van der Waals surface area contributed by atoms with E-state index in [0.29, 0.717) is 23.6 Å². The van der Waals surface area contributed by atoms with Crippen LogP contribution >= 0.6 is 17.0 Å². The molecule has 5 heteroatoms. The lowest BCUT2D eigenvalue weighted by Gasteiger charge is -2.32. The molecule has 2 unspecified atom stereocenters. The molecule has 0 fully saturated rings. The normalized spacial score (nSPS) is 22.4. The fourth-order valence-electron chi connectivity index (χ4n) is 2.46. The fourth-order valence-corrected chi connectivity index (χ4v) is 2.46. The molecule has 0 aromatic heterocycles. The van der Waals surface area contributed by atoms with Gasteiger partial charge in [0.2, 0.25) is 0 Å². The van der Waals surface area contributed by atoms with Crippen molar-refractivity contribution in [1.82, 2.24) is 5.32 Å². The summed E-state index contributed by atoms with van der Waals surface area (Å²) in [6.45, 7) is 4.08. The number of hydrogen-bond donors (Lipinski definition) is 4. The van der Waals surface area contributed by atoms with Crippen molar-refractivity contribution in [2.24, 2.45) is 0 Å². The van der Waals surface area contributed by atoms with Crippen LogP contribution in [0.15, 0.2) is 12.1 Å². The molecule has 0 bridgehead atoms. The van der Waals surface area contributed by atoms with Gasteiger partial charge in [0.05, 0.1) is 6.10 Å². The van der Waals surface area contributed by atoms with Crippen molar-refractivity contribution in [3.8, 4) is 11.5 Å². The number of benzene rings is 1. The van der Waals surface area contributed by atoms with E-state index < -0.39 is 6.10 Å². The maximum Gasteiger partial charge on any atom is 0.161 e. The van der Waals surface area contributed by atoms with Crippen LogP contribution in [-0.2, 0) is 6.42 Å². The number of phenols is 2. The van der Waals surface area contributed by atoms with Crippen LogP contribution in [0.4, 0.5) is 0 Å². The zero-order valence-electron chi connectivity index (χ0n) is 10.6. The first-order valence-corrected chi connectivity index (χ1v) is 5.98. The number of nitrogens with one attached hydrogen (secondary N) is 1. The van der Waals surface area contributed by atoms with Crippen molar-refractivity contribution in [1.29, 1.82) is 0 Å². The zero-order valence-corrected chi connectivity index (χ0v) is 12.3. The zero-order chi connectivity index (χ0) is 12.6. The maximum absolute atomic E-state index is 10.2. The molecule has 4 N–H and O–H groups in total. The van der Waals surface area contributed by atoms with E-state index in [1.54, 1.807) is 6.07 Å². The molecule has 0 radical (unpaired) electrons. The van der Waals surface area contributed by atoms with Crippen molar-refractivity contribution in [3.05, 3.63) is 23.3 Å².